The second-order valence-corrected chi connectivity index (χ2v) is 6.92. The molecule has 7 heteroatoms. The van der Waals surface area contributed by atoms with Gasteiger partial charge in [-0.05, 0) is 29.7 Å². The summed E-state index contributed by atoms with van der Waals surface area (Å²) in [5.41, 5.74) is 0.700. The fraction of sp³-hybridized carbons (Fsp3) is 0.333. The Morgan fingerprint density at radius 2 is 1.86 bits per heavy atom. The minimum absolute atomic E-state index is 0.00459. The predicted molar refractivity (Wildman–Crippen MR) is 101 cm³/mol. The number of rotatable bonds is 4. The molecule has 4 rings (SSSR count). The molecule has 7 nitrogen and oxygen atoms in total. The van der Waals surface area contributed by atoms with Crippen LogP contribution < -0.4 is 0 Å². The number of aryl methyl sites for hydroxylation is 1. The highest BCUT2D eigenvalue weighted by atomic mass is 16.5. The maximum absolute atomic E-state index is 13.0. The molecule has 0 aliphatic carbocycles. The van der Waals surface area contributed by atoms with E-state index < -0.39 is 0 Å². The molecule has 0 saturated carbocycles. The van der Waals surface area contributed by atoms with Crippen LogP contribution in [0.3, 0.4) is 0 Å². The van der Waals surface area contributed by atoms with E-state index in [1.165, 1.54) is 0 Å². The molecule has 0 atom stereocenters. The smallest absolute Gasteiger partial charge is 0.309 e. The number of esters is 1. The number of ether oxygens (including phenoxy) is 1. The molecule has 1 saturated heterocycles. The van der Waals surface area contributed by atoms with Crippen LogP contribution in [-0.2, 0) is 16.1 Å². The number of amides is 1. The quantitative estimate of drug-likeness (QED) is 0.648. The van der Waals surface area contributed by atoms with Gasteiger partial charge in [-0.15, -0.1) is 10.2 Å². The van der Waals surface area contributed by atoms with Crippen molar-refractivity contribution in [1.29, 1.82) is 0 Å². The molecule has 1 aliphatic heterocycles. The lowest BCUT2D eigenvalue weighted by atomic mass is 9.96. The Hall–Kier alpha value is -3.22. The Bertz CT molecular complexity index is 1000. The number of hydrogen-bond donors (Lipinski definition) is 0. The molecule has 1 fully saturated rings. The Balaban J connectivity index is 1.35. The van der Waals surface area contributed by atoms with Crippen LogP contribution in [0.1, 0.15) is 35.0 Å². The number of nitrogens with zero attached hydrogens (tertiary/aromatic N) is 3. The van der Waals surface area contributed by atoms with Crippen molar-refractivity contribution in [2.75, 3.05) is 13.1 Å². The highest BCUT2D eigenvalue weighted by Crippen LogP contribution is 2.24. The molecule has 0 radical (unpaired) electrons. The Morgan fingerprint density at radius 1 is 1.11 bits per heavy atom. The van der Waals surface area contributed by atoms with Crippen molar-refractivity contribution >= 4 is 22.6 Å². The van der Waals surface area contributed by atoms with Gasteiger partial charge in [0.15, 0.2) is 6.61 Å². The van der Waals surface area contributed by atoms with Crippen molar-refractivity contribution in [3.05, 3.63) is 59.8 Å². The van der Waals surface area contributed by atoms with Gasteiger partial charge in [-0.2, -0.15) is 0 Å². The molecule has 2 heterocycles. The molecular weight excluding hydrogens is 358 g/mol. The zero-order chi connectivity index (χ0) is 19.5. The standard InChI is InChI=1S/C21H21N3O4/c1-14-22-23-19(28-14)13-27-21(26)16-9-11-24(12-10-16)20(25)18-8-4-6-15-5-2-3-7-17(15)18/h2-8,16H,9-13H2,1H3. The van der Waals surface area contributed by atoms with E-state index in [-0.39, 0.29) is 30.3 Å². The van der Waals surface area contributed by atoms with Crippen LogP contribution in [0.2, 0.25) is 0 Å². The third kappa shape index (κ3) is 3.74. The molecule has 0 N–H and O–H groups in total. The Labute approximate surface area is 162 Å². The summed E-state index contributed by atoms with van der Waals surface area (Å²) >= 11 is 0. The molecule has 1 aliphatic rings. The van der Waals surface area contributed by atoms with Gasteiger partial charge in [0.25, 0.3) is 11.8 Å². The second-order valence-electron chi connectivity index (χ2n) is 6.92. The van der Waals surface area contributed by atoms with Crippen LogP contribution in [0.15, 0.2) is 46.9 Å². The van der Waals surface area contributed by atoms with E-state index in [1.54, 1.807) is 6.92 Å². The summed E-state index contributed by atoms with van der Waals surface area (Å²) in [6.45, 7) is 2.72. The van der Waals surface area contributed by atoms with Crippen molar-refractivity contribution in [2.24, 2.45) is 5.92 Å². The maximum atomic E-state index is 13.0. The molecule has 28 heavy (non-hydrogen) atoms. The fourth-order valence-electron chi connectivity index (χ4n) is 3.55. The first-order valence-electron chi connectivity index (χ1n) is 9.34. The van der Waals surface area contributed by atoms with Crippen LogP contribution >= 0.6 is 0 Å². The largest absolute Gasteiger partial charge is 0.455 e. The second kappa shape index (κ2) is 7.80. The highest BCUT2D eigenvalue weighted by Gasteiger charge is 2.29. The van der Waals surface area contributed by atoms with Gasteiger partial charge in [0.05, 0.1) is 5.92 Å². The molecule has 1 amide bonds. The average molecular weight is 379 g/mol. The van der Waals surface area contributed by atoms with Crippen LogP contribution in [0.5, 0.6) is 0 Å². The lowest BCUT2D eigenvalue weighted by Crippen LogP contribution is -2.40. The first kappa shape index (κ1) is 18.2. The molecule has 0 unspecified atom stereocenters. The SMILES string of the molecule is Cc1nnc(COC(=O)C2CCN(C(=O)c3cccc4ccccc34)CC2)o1. The number of carbonyl (C=O) groups excluding carboxylic acids is 2. The van der Waals surface area contributed by atoms with Crippen molar-refractivity contribution < 1.29 is 18.7 Å². The predicted octanol–water partition coefficient (Wildman–Crippen LogP) is 3.13. The van der Waals surface area contributed by atoms with Crippen molar-refractivity contribution in [2.45, 2.75) is 26.4 Å². The van der Waals surface area contributed by atoms with Gasteiger partial charge in [0.1, 0.15) is 0 Å². The van der Waals surface area contributed by atoms with Crippen LogP contribution in [0.4, 0.5) is 0 Å². The first-order chi connectivity index (χ1) is 13.6. The number of benzene rings is 2. The van der Waals surface area contributed by atoms with Gasteiger partial charge < -0.3 is 14.1 Å². The molecule has 3 aromatic rings. The Morgan fingerprint density at radius 3 is 2.61 bits per heavy atom. The minimum atomic E-state index is -0.284. The van der Waals surface area contributed by atoms with E-state index in [0.29, 0.717) is 37.4 Å². The van der Waals surface area contributed by atoms with E-state index in [2.05, 4.69) is 10.2 Å². The van der Waals surface area contributed by atoms with E-state index in [4.69, 9.17) is 9.15 Å². The zero-order valence-corrected chi connectivity index (χ0v) is 15.6. The van der Waals surface area contributed by atoms with Gasteiger partial charge in [0.2, 0.25) is 5.89 Å². The number of likely N-dealkylation sites (tertiary alicyclic amines) is 1. The van der Waals surface area contributed by atoms with Crippen LogP contribution in [0.25, 0.3) is 10.8 Å². The number of aromatic nitrogens is 2. The van der Waals surface area contributed by atoms with E-state index in [9.17, 15) is 9.59 Å². The summed E-state index contributed by atoms with van der Waals surface area (Å²) in [4.78, 5) is 27.1. The van der Waals surface area contributed by atoms with Crippen LogP contribution in [0, 0.1) is 12.8 Å². The lowest BCUT2D eigenvalue weighted by molar-refractivity contribution is -0.152. The summed E-state index contributed by atoms with van der Waals surface area (Å²) in [5.74, 6) is 0.222. The topological polar surface area (TPSA) is 85.5 Å². The van der Waals surface area contributed by atoms with Gasteiger partial charge in [-0.3, -0.25) is 9.59 Å². The molecule has 0 spiro atoms. The van der Waals surface area contributed by atoms with E-state index in [1.807, 2.05) is 47.4 Å². The monoisotopic (exact) mass is 379 g/mol. The average Bonchev–Trinajstić information content (AvgIpc) is 3.16. The Kier molecular flexibility index (Phi) is 5.06. The van der Waals surface area contributed by atoms with Gasteiger partial charge in [0, 0.05) is 25.6 Å². The van der Waals surface area contributed by atoms with E-state index >= 15 is 0 Å². The third-order valence-electron chi connectivity index (χ3n) is 5.04. The molecule has 0 bridgehead atoms. The van der Waals surface area contributed by atoms with Gasteiger partial charge >= 0.3 is 5.97 Å². The van der Waals surface area contributed by atoms with Crippen molar-refractivity contribution in [3.63, 3.8) is 0 Å². The van der Waals surface area contributed by atoms with Gasteiger partial charge in [-0.25, -0.2) is 0 Å². The highest BCUT2D eigenvalue weighted by molar-refractivity contribution is 6.07. The van der Waals surface area contributed by atoms with Crippen LogP contribution in [-0.4, -0.2) is 40.1 Å². The number of fused-ring (bicyclic) bond motifs is 1. The minimum Gasteiger partial charge on any atom is -0.455 e. The van der Waals surface area contributed by atoms with Gasteiger partial charge in [-0.1, -0.05) is 36.4 Å². The normalized spacial score (nSPS) is 15.0. The summed E-state index contributed by atoms with van der Waals surface area (Å²) in [5, 5.41) is 9.51. The fourth-order valence-corrected chi connectivity index (χ4v) is 3.55. The first-order valence-corrected chi connectivity index (χ1v) is 9.34. The molecule has 1 aromatic heterocycles. The molecule has 144 valence electrons. The summed E-state index contributed by atoms with van der Waals surface area (Å²) < 4.78 is 10.5. The number of hydrogen-bond acceptors (Lipinski definition) is 6. The maximum Gasteiger partial charge on any atom is 0.309 e. The summed E-state index contributed by atoms with van der Waals surface area (Å²) in [6.07, 6.45) is 1.16. The zero-order valence-electron chi connectivity index (χ0n) is 15.6. The van der Waals surface area contributed by atoms with Crippen molar-refractivity contribution in [3.8, 4) is 0 Å². The number of piperidine rings is 1. The number of carbonyl (C=O) groups is 2. The molecule has 2 aromatic carbocycles. The summed E-state index contributed by atoms with van der Waals surface area (Å²) in [6, 6.07) is 13.6. The third-order valence-corrected chi connectivity index (χ3v) is 5.04. The summed E-state index contributed by atoms with van der Waals surface area (Å²) in [7, 11) is 0. The van der Waals surface area contributed by atoms with Crippen molar-refractivity contribution in [1.82, 2.24) is 15.1 Å². The lowest BCUT2D eigenvalue weighted by Gasteiger charge is -2.31. The molecular formula is C21H21N3O4. The van der Waals surface area contributed by atoms with E-state index in [0.717, 1.165) is 10.8 Å².